The standard InChI is InChI=1S/C23H19ClN2O3/c1-29-20-12-10-16(11-13-20)14-21(23(28)25-19-8-3-2-4-9-19)26-22(27)17-6-5-7-18(24)15-17/h2-15H,1H3,(H,25,28)(H,26,27)/b21-14+. The number of carbonyl (C=O) groups excluding carboxylic acids is 2. The van der Waals surface area contributed by atoms with Crippen molar-refractivity contribution in [2.45, 2.75) is 0 Å². The molecule has 0 saturated carbocycles. The number of rotatable bonds is 6. The summed E-state index contributed by atoms with van der Waals surface area (Å²) in [6.45, 7) is 0. The summed E-state index contributed by atoms with van der Waals surface area (Å²) >= 11 is 5.97. The highest BCUT2D eigenvalue weighted by Crippen LogP contribution is 2.16. The summed E-state index contributed by atoms with van der Waals surface area (Å²) in [7, 11) is 1.58. The van der Waals surface area contributed by atoms with E-state index >= 15 is 0 Å². The van der Waals surface area contributed by atoms with Crippen LogP contribution in [0, 0.1) is 0 Å². The Morgan fingerprint density at radius 1 is 0.931 bits per heavy atom. The molecule has 0 spiro atoms. The van der Waals surface area contributed by atoms with Crippen molar-refractivity contribution in [3.63, 3.8) is 0 Å². The maximum Gasteiger partial charge on any atom is 0.272 e. The molecule has 0 unspecified atom stereocenters. The first-order chi connectivity index (χ1) is 14.0. The summed E-state index contributed by atoms with van der Waals surface area (Å²) in [5.41, 5.74) is 1.81. The predicted molar refractivity (Wildman–Crippen MR) is 115 cm³/mol. The smallest absolute Gasteiger partial charge is 0.272 e. The normalized spacial score (nSPS) is 10.9. The van der Waals surface area contributed by atoms with Gasteiger partial charge in [-0.2, -0.15) is 0 Å². The molecular formula is C23H19ClN2O3. The van der Waals surface area contributed by atoms with Gasteiger partial charge in [-0.25, -0.2) is 0 Å². The minimum absolute atomic E-state index is 0.101. The van der Waals surface area contributed by atoms with Gasteiger partial charge in [0.15, 0.2) is 0 Å². The van der Waals surface area contributed by atoms with Gasteiger partial charge in [0.1, 0.15) is 11.4 Å². The molecule has 3 aromatic rings. The van der Waals surface area contributed by atoms with E-state index in [-0.39, 0.29) is 5.70 Å². The molecular weight excluding hydrogens is 388 g/mol. The second-order valence-corrected chi connectivity index (χ2v) is 6.55. The Morgan fingerprint density at radius 3 is 2.31 bits per heavy atom. The second-order valence-electron chi connectivity index (χ2n) is 6.12. The van der Waals surface area contributed by atoms with E-state index in [1.54, 1.807) is 67.8 Å². The van der Waals surface area contributed by atoms with Gasteiger partial charge in [-0.1, -0.05) is 48.0 Å². The first-order valence-corrected chi connectivity index (χ1v) is 9.22. The van der Waals surface area contributed by atoms with Crippen LogP contribution in [0.15, 0.2) is 84.6 Å². The zero-order valence-electron chi connectivity index (χ0n) is 15.7. The highest BCUT2D eigenvalue weighted by Gasteiger charge is 2.15. The van der Waals surface area contributed by atoms with E-state index in [4.69, 9.17) is 16.3 Å². The monoisotopic (exact) mass is 406 g/mol. The molecule has 0 heterocycles. The largest absolute Gasteiger partial charge is 0.497 e. The Kier molecular flexibility index (Phi) is 6.66. The van der Waals surface area contributed by atoms with Crippen LogP contribution in [0.5, 0.6) is 5.75 Å². The quantitative estimate of drug-likeness (QED) is 0.580. The fourth-order valence-corrected chi connectivity index (χ4v) is 2.76. The average molecular weight is 407 g/mol. The molecule has 146 valence electrons. The molecule has 0 aliphatic carbocycles. The lowest BCUT2D eigenvalue weighted by Gasteiger charge is -2.12. The Hall–Kier alpha value is -3.57. The van der Waals surface area contributed by atoms with Gasteiger partial charge in [0.2, 0.25) is 0 Å². The zero-order valence-corrected chi connectivity index (χ0v) is 16.4. The number of amides is 2. The van der Waals surface area contributed by atoms with Crippen LogP contribution in [-0.2, 0) is 4.79 Å². The lowest BCUT2D eigenvalue weighted by Crippen LogP contribution is -2.30. The van der Waals surface area contributed by atoms with Gasteiger partial charge in [-0.3, -0.25) is 9.59 Å². The third-order valence-electron chi connectivity index (χ3n) is 4.04. The molecule has 3 rings (SSSR count). The summed E-state index contributed by atoms with van der Waals surface area (Å²) in [5, 5.41) is 5.90. The fraction of sp³-hybridized carbons (Fsp3) is 0.0435. The van der Waals surface area contributed by atoms with Crippen LogP contribution in [-0.4, -0.2) is 18.9 Å². The Balaban J connectivity index is 1.88. The first-order valence-electron chi connectivity index (χ1n) is 8.84. The predicted octanol–water partition coefficient (Wildman–Crippen LogP) is 4.76. The molecule has 0 aliphatic heterocycles. The van der Waals surface area contributed by atoms with Crippen molar-refractivity contribution >= 4 is 35.2 Å². The molecule has 0 saturated heterocycles. The van der Waals surface area contributed by atoms with Crippen LogP contribution in [0.2, 0.25) is 5.02 Å². The number of hydrogen-bond acceptors (Lipinski definition) is 3. The van der Waals surface area contributed by atoms with E-state index in [0.717, 1.165) is 5.56 Å². The third kappa shape index (κ3) is 5.70. The van der Waals surface area contributed by atoms with Gasteiger partial charge in [0.05, 0.1) is 7.11 Å². The molecule has 0 aliphatic rings. The van der Waals surface area contributed by atoms with Crippen molar-refractivity contribution in [3.05, 3.63) is 101 Å². The van der Waals surface area contributed by atoms with Crippen molar-refractivity contribution < 1.29 is 14.3 Å². The molecule has 2 N–H and O–H groups in total. The molecule has 0 radical (unpaired) electrons. The van der Waals surface area contributed by atoms with Gasteiger partial charge in [0.25, 0.3) is 11.8 Å². The van der Waals surface area contributed by atoms with Crippen LogP contribution in [0.3, 0.4) is 0 Å². The van der Waals surface area contributed by atoms with Gasteiger partial charge in [-0.15, -0.1) is 0 Å². The number of para-hydroxylation sites is 1. The molecule has 0 atom stereocenters. The fourth-order valence-electron chi connectivity index (χ4n) is 2.57. The summed E-state index contributed by atoms with van der Waals surface area (Å²) in [4.78, 5) is 25.5. The van der Waals surface area contributed by atoms with E-state index < -0.39 is 11.8 Å². The van der Waals surface area contributed by atoms with Crippen molar-refractivity contribution in [2.24, 2.45) is 0 Å². The number of halogens is 1. The van der Waals surface area contributed by atoms with Gasteiger partial charge < -0.3 is 15.4 Å². The van der Waals surface area contributed by atoms with E-state index in [9.17, 15) is 9.59 Å². The average Bonchev–Trinajstić information content (AvgIpc) is 2.74. The Bertz CT molecular complexity index is 1030. The van der Waals surface area contributed by atoms with Crippen molar-refractivity contribution in [2.75, 3.05) is 12.4 Å². The van der Waals surface area contributed by atoms with E-state index in [1.165, 1.54) is 6.07 Å². The van der Waals surface area contributed by atoms with Crippen LogP contribution < -0.4 is 15.4 Å². The minimum Gasteiger partial charge on any atom is -0.497 e. The number of ether oxygens (including phenoxy) is 1. The van der Waals surface area contributed by atoms with E-state index in [1.807, 2.05) is 18.2 Å². The summed E-state index contributed by atoms with van der Waals surface area (Å²) in [6, 6.07) is 22.7. The molecule has 5 nitrogen and oxygen atoms in total. The number of anilines is 1. The Labute approximate surface area is 174 Å². The van der Waals surface area contributed by atoms with Crippen molar-refractivity contribution in [1.29, 1.82) is 0 Å². The molecule has 3 aromatic carbocycles. The van der Waals surface area contributed by atoms with E-state index in [0.29, 0.717) is 22.0 Å². The number of nitrogens with one attached hydrogen (secondary N) is 2. The maximum atomic E-state index is 12.8. The lowest BCUT2D eigenvalue weighted by molar-refractivity contribution is -0.113. The van der Waals surface area contributed by atoms with Crippen LogP contribution in [0.25, 0.3) is 6.08 Å². The first kappa shape index (κ1) is 20.2. The summed E-state index contributed by atoms with van der Waals surface area (Å²) < 4.78 is 5.15. The van der Waals surface area contributed by atoms with Gasteiger partial charge in [0, 0.05) is 16.3 Å². The molecule has 0 bridgehead atoms. The SMILES string of the molecule is COc1ccc(/C=C(/NC(=O)c2cccc(Cl)c2)C(=O)Nc2ccccc2)cc1. The van der Waals surface area contributed by atoms with E-state index in [2.05, 4.69) is 10.6 Å². The summed E-state index contributed by atoms with van der Waals surface area (Å²) in [6.07, 6.45) is 1.60. The summed E-state index contributed by atoms with van der Waals surface area (Å²) in [5.74, 6) is -0.182. The topological polar surface area (TPSA) is 67.4 Å². The highest BCUT2D eigenvalue weighted by atomic mass is 35.5. The third-order valence-corrected chi connectivity index (χ3v) is 4.27. The van der Waals surface area contributed by atoms with Gasteiger partial charge in [-0.05, 0) is 54.1 Å². The molecule has 0 aromatic heterocycles. The number of methoxy groups -OCH3 is 1. The lowest BCUT2D eigenvalue weighted by atomic mass is 10.1. The van der Waals surface area contributed by atoms with Crippen LogP contribution in [0.1, 0.15) is 15.9 Å². The second kappa shape index (κ2) is 9.57. The highest BCUT2D eigenvalue weighted by molar-refractivity contribution is 6.31. The molecule has 2 amide bonds. The number of carbonyl (C=O) groups is 2. The number of benzene rings is 3. The maximum absolute atomic E-state index is 12.8. The van der Waals surface area contributed by atoms with Crippen LogP contribution >= 0.6 is 11.6 Å². The number of hydrogen-bond donors (Lipinski definition) is 2. The van der Waals surface area contributed by atoms with Crippen LogP contribution in [0.4, 0.5) is 5.69 Å². The van der Waals surface area contributed by atoms with Crippen molar-refractivity contribution in [3.8, 4) is 5.75 Å². The zero-order chi connectivity index (χ0) is 20.6. The molecule has 6 heteroatoms. The van der Waals surface area contributed by atoms with Crippen molar-refractivity contribution in [1.82, 2.24) is 5.32 Å². The minimum atomic E-state index is -0.442. The molecule has 29 heavy (non-hydrogen) atoms. The molecule has 0 fully saturated rings. The Morgan fingerprint density at radius 2 is 1.66 bits per heavy atom. The van der Waals surface area contributed by atoms with Gasteiger partial charge >= 0.3 is 0 Å².